The van der Waals surface area contributed by atoms with Crippen LogP contribution in [0.2, 0.25) is 0 Å². The van der Waals surface area contributed by atoms with Gasteiger partial charge in [-0.1, -0.05) is 34.1 Å². The first-order valence-electron chi connectivity index (χ1n) is 5.48. The Kier molecular flexibility index (Phi) is 5.15. The third-order valence-corrected chi connectivity index (χ3v) is 3.25. The van der Waals surface area contributed by atoms with Crippen molar-refractivity contribution < 1.29 is 43.9 Å². The van der Waals surface area contributed by atoms with Gasteiger partial charge in [0.05, 0.1) is 0 Å². The Balaban J connectivity index is 3.69. The summed E-state index contributed by atoms with van der Waals surface area (Å²) in [5, 5.41) is 0. The number of alkyl halides is 10. The lowest BCUT2D eigenvalue weighted by Crippen LogP contribution is -2.41. The molecule has 0 unspecified atom stereocenters. The Morgan fingerprint density at radius 3 is 1.65 bits per heavy atom. The topological polar surface area (TPSA) is 0 Å². The summed E-state index contributed by atoms with van der Waals surface area (Å²) in [6.45, 7) is 0. The lowest BCUT2D eigenvalue weighted by Gasteiger charge is -2.26. The van der Waals surface area contributed by atoms with Crippen molar-refractivity contribution in [3.05, 3.63) is 40.4 Å². The van der Waals surface area contributed by atoms with E-state index in [0.29, 0.717) is 6.07 Å². The van der Waals surface area contributed by atoms with Crippen LogP contribution in [0.1, 0.15) is 5.56 Å². The van der Waals surface area contributed by atoms with Gasteiger partial charge in [0.1, 0.15) is 0 Å². The molecule has 0 heterocycles. The standard InChI is InChI=1S/C12H5BrF10/c13-8-4-2-1-3-6(8)7(10(16,17)12(21,22)23)5-9(14,15)11(18,19)20/h1-5H/b7-5+. The molecule has 0 spiro atoms. The molecule has 23 heavy (non-hydrogen) atoms. The zero-order chi connectivity index (χ0) is 18.3. The minimum Gasteiger partial charge on any atom is -0.191 e. The number of allylic oxidation sites excluding steroid dienone is 2. The van der Waals surface area contributed by atoms with E-state index in [1.165, 1.54) is 0 Å². The molecular formula is C12H5BrF10. The second-order valence-corrected chi connectivity index (χ2v) is 5.09. The first kappa shape index (κ1) is 19.8. The zero-order valence-electron chi connectivity index (χ0n) is 10.5. The monoisotopic (exact) mass is 418 g/mol. The fourth-order valence-electron chi connectivity index (χ4n) is 1.43. The summed E-state index contributed by atoms with van der Waals surface area (Å²) < 4.78 is 126. The van der Waals surface area contributed by atoms with Crippen LogP contribution in [0.4, 0.5) is 43.9 Å². The molecule has 1 aromatic rings. The highest BCUT2D eigenvalue weighted by Crippen LogP contribution is 2.49. The summed E-state index contributed by atoms with van der Waals surface area (Å²) in [6, 6.07) is 3.54. The smallest absolute Gasteiger partial charge is 0.191 e. The molecule has 0 amide bonds. The molecule has 11 heteroatoms. The van der Waals surface area contributed by atoms with Crippen LogP contribution in [-0.2, 0) is 0 Å². The molecule has 0 aliphatic carbocycles. The Morgan fingerprint density at radius 1 is 0.783 bits per heavy atom. The first-order valence-corrected chi connectivity index (χ1v) is 6.28. The summed E-state index contributed by atoms with van der Waals surface area (Å²) >= 11 is 2.55. The predicted octanol–water partition coefficient (Wildman–Crippen LogP) is 6.23. The maximum absolute atomic E-state index is 13.5. The summed E-state index contributed by atoms with van der Waals surface area (Å²) in [6.07, 6.45) is -14.1. The van der Waals surface area contributed by atoms with Crippen LogP contribution in [-0.4, -0.2) is 24.2 Å². The molecule has 130 valence electrons. The van der Waals surface area contributed by atoms with E-state index in [-0.39, 0.29) is 0 Å². The van der Waals surface area contributed by atoms with Crippen LogP contribution < -0.4 is 0 Å². The molecule has 0 atom stereocenters. The molecule has 0 saturated carbocycles. The normalized spacial score (nSPS) is 15.0. The number of hydrogen-bond acceptors (Lipinski definition) is 0. The van der Waals surface area contributed by atoms with Crippen molar-refractivity contribution in [2.45, 2.75) is 24.2 Å². The van der Waals surface area contributed by atoms with Crippen molar-refractivity contribution in [2.75, 3.05) is 0 Å². The predicted molar refractivity (Wildman–Crippen MR) is 64.1 cm³/mol. The lowest BCUT2D eigenvalue weighted by molar-refractivity contribution is -0.264. The van der Waals surface area contributed by atoms with Crippen molar-refractivity contribution in [1.29, 1.82) is 0 Å². The van der Waals surface area contributed by atoms with Crippen molar-refractivity contribution >= 4 is 21.5 Å². The van der Waals surface area contributed by atoms with E-state index in [1.807, 2.05) is 0 Å². The summed E-state index contributed by atoms with van der Waals surface area (Å²) in [7, 11) is 0. The average molecular weight is 419 g/mol. The molecule has 0 fully saturated rings. The van der Waals surface area contributed by atoms with E-state index in [0.717, 1.165) is 18.2 Å². The van der Waals surface area contributed by atoms with Gasteiger partial charge in [-0.25, -0.2) is 0 Å². The molecule has 0 saturated heterocycles. The Hall–Kier alpha value is -1.26. The quantitative estimate of drug-likeness (QED) is 0.510. The molecule has 0 nitrogen and oxygen atoms in total. The lowest BCUT2D eigenvalue weighted by atomic mass is 9.97. The average Bonchev–Trinajstić information content (AvgIpc) is 2.34. The van der Waals surface area contributed by atoms with Gasteiger partial charge >= 0.3 is 24.2 Å². The summed E-state index contributed by atoms with van der Waals surface area (Å²) in [5.74, 6) is -11.8. The van der Waals surface area contributed by atoms with Gasteiger partial charge in [-0.15, -0.1) is 0 Å². The van der Waals surface area contributed by atoms with E-state index in [2.05, 4.69) is 15.9 Å². The van der Waals surface area contributed by atoms with Crippen LogP contribution >= 0.6 is 15.9 Å². The number of benzene rings is 1. The summed E-state index contributed by atoms with van der Waals surface area (Å²) in [4.78, 5) is 0. The third-order valence-electron chi connectivity index (χ3n) is 2.56. The minimum absolute atomic E-state index is 0.506. The van der Waals surface area contributed by atoms with Gasteiger partial charge in [-0.05, 0) is 11.6 Å². The molecule has 1 aromatic carbocycles. The van der Waals surface area contributed by atoms with Gasteiger partial charge in [0, 0.05) is 16.1 Å². The maximum Gasteiger partial charge on any atom is 0.458 e. The highest BCUT2D eigenvalue weighted by atomic mass is 79.9. The van der Waals surface area contributed by atoms with Gasteiger partial charge in [-0.3, -0.25) is 0 Å². The van der Waals surface area contributed by atoms with Gasteiger partial charge < -0.3 is 0 Å². The first-order chi connectivity index (χ1) is 10.1. The second kappa shape index (κ2) is 5.99. The SMILES string of the molecule is FC(F)(F)C(F)(F)/C=C(\c1ccccc1Br)C(F)(F)C(F)(F)F. The molecule has 0 radical (unpaired) electrons. The van der Waals surface area contributed by atoms with E-state index in [9.17, 15) is 43.9 Å². The van der Waals surface area contributed by atoms with Crippen LogP contribution in [0.3, 0.4) is 0 Å². The fourth-order valence-corrected chi connectivity index (χ4v) is 1.93. The molecule has 0 aromatic heterocycles. The van der Waals surface area contributed by atoms with Crippen LogP contribution in [0.25, 0.3) is 5.57 Å². The van der Waals surface area contributed by atoms with Crippen LogP contribution in [0, 0.1) is 0 Å². The van der Waals surface area contributed by atoms with E-state index in [4.69, 9.17) is 0 Å². The highest BCUT2D eigenvalue weighted by Gasteiger charge is 2.63. The minimum atomic E-state index is -6.37. The van der Waals surface area contributed by atoms with Gasteiger partial charge in [0.25, 0.3) is 0 Å². The Labute approximate surface area is 130 Å². The third kappa shape index (κ3) is 3.99. The van der Waals surface area contributed by atoms with Crippen molar-refractivity contribution in [1.82, 2.24) is 0 Å². The van der Waals surface area contributed by atoms with Crippen LogP contribution in [0.5, 0.6) is 0 Å². The highest BCUT2D eigenvalue weighted by molar-refractivity contribution is 9.10. The largest absolute Gasteiger partial charge is 0.458 e. The maximum atomic E-state index is 13.5. The molecule has 0 aliphatic rings. The fraction of sp³-hybridized carbons (Fsp3) is 0.333. The van der Waals surface area contributed by atoms with Crippen molar-refractivity contribution in [3.63, 3.8) is 0 Å². The molecule has 0 bridgehead atoms. The van der Waals surface area contributed by atoms with Crippen molar-refractivity contribution in [3.8, 4) is 0 Å². The molecule has 1 rings (SSSR count). The molecule has 0 N–H and O–H groups in total. The van der Waals surface area contributed by atoms with Crippen LogP contribution in [0.15, 0.2) is 34.8 Å². The van der Waals surface area contributed by atoms with Gasteiger partial charge in [0.2, 0.25) is 0 Å². The number of rotatable bonds is 3. The summed E-state index contributed by atoms with van der Waals surface area (Å²) in [5.41, 5.74) is -3.64. The van der Waals surface area contributed by atoms with Gasteiger partial charge in [-0.2, -0.15) is 43.9 Å². The molecular weight excluding hydrogens is 414 g/mol. The van der Waals surface area contributed by atoms with Gasteiger partial charge in [0.15, 0.2) is 0 Å². The Morgan fingerprint density at radius 2 is 1.26 bits per heavy atom. The Bertz CT molecular complexity index is 597. The second-order valence-electron chi connectivity index (χ2n) is 4.23. The van der Waals surface area contributed by atoms with E-state index in [1.54, 1.807) is 0 Å². The number of halogens is 11. The van der Waals surface area contributed by atoms with Crippen molar-refractivity contribution in [2.24, 2.45) is 0 Å². The van der Waals surface area contributed by atoms with E-state index < -0.39 is 45.9 Å². The van der Waals surface area contributed by atoms with E-state index >= 15 is 0 Å². The molecule has 0 aliphatic heterocycles. The zero-order valence-corrected chi connectivity index (χ0v) is 12.1. The number of hydrogen-bond donors (Lipinski definition) is 0.